The van der Waals surface area contributed by atoms with Gasteiger partial charge in [-0.25, -0.2) is 17.2 Å². The van der Waals surface area contributed by atoms with Gasteiger partial charge in [-0.2, -0.15) is 0 Å². The van der Waals surface area contributed by atoms with E-state index in [1.807, 2.05) is 0 Å². The highest BCUT2D eigenvalue weighted by Crippen LogP contribution is 2.28. The van der Waals surface area contributed by atoms with E-state index in [9.17, 15) is 17.2 Å². The number of benzene rings is 1. The molecule has 1 fully saturated rings. The molecule has 0 unspecified atom stereocenters. The second-order valence-corrected chi connectivity index (χ2v) is 7.67. The first kappa shape index (κ1) is 15.0. The lowest BCUT2D eigenvalue weighted by molar-refractivity contribution is 0.485. The summed E-state index contributed by atoms with van der Waals surface area (Å²) < 4.78 is 53.2. The molecule has 19 heavy (non-hydrogen) atoms. The molecule has 0 aliphatic heterocycles. The Balaban J connectivity index is 2.23. The summed E-state index contributed by atoms with van der Waals surface area (Å²) in [5.41, 5.74) is -0.184. The van der Waals surface area contributed by atoms with Gasteiger partial charge in [-0.15, -0.1) is 0 Å². The van der Waals surface area contributed by atoms with Crippen LogP contribution >= 0.6 is 22.6 Å². The van der Waals surface area contributed by atoms with Crippen LogP contribution in [0.1, 0.15) is 32.1 Å². The van der Waals surface area contributed by atoms with Crippen LogP contribution in [0.3, 0.4) is 0 Å². The zero-order valence-corrected chi connectivity index (χ0v) is 13.1. The van der Waals surface area contributed by atoms with Crippen LogP contribution in [0.4, 0.5) is 14.5 Å². The molecular weight excluding hydrogens is 387 g/mol. The molecule has 3 nitrogen and oxygen atoms in total. The lowest BCUT2D eigenvalue weighted by Crippen LogP contribution is -2.30. The molecular formula is C12H14F2INO2S. The molecule has 7 heteroatoms. The van der Waals surface area contributed by atoms with Gasteiger partial charge in [-0.3, -0.25) is 4.72 Å². The van der Waals surface area contributed by atoms with Gasteiger partial charge in [-0.1, -0.05) is 19.3 Å². The van der Waals surface area contributed by atoms with Crippen molar-refractivity contribution in [3.05, 3.63) is 27.3 Å². The molecule has 0 spiro atoms. The predicted molar refractivity (Wildman–Crippen MR) is 78.5 cm³/mol. The van der Waals surface area contributed by atoms with Crippen molar-refractivity contribution in [1.29, 1.82) is 0 Å². The molecule has 1 aliphatic rings. The smallest absolute Gasteiger partial charge is 0.235 e. The summed E-state index contributed by atoms with van der Waals surface area (Å²) in [5, 5.41) is -0.483. The number of nitrogens with one attached hydrogen (secondary N) is 1. The van der Waals surface area contributed by atoms with Gasteiger partial charge in [0.05, 0.1) is 14.5 Å². The van der Waals surface area contributed by atoms with E-state index in [2.05, 4.69) is 4.72 Å². The highest BCUT2D eigenvalue weighted by atomic mass is 127. The largest absolute Gasteiger partial charge is 0.280 e. The monoisotopic (exact) mass is 401 g/mol. The van der Waals surface area contributed by atoms with Gasteiger partial charge >= 0.3 is 0 Å². The van der Waals surface area contributed by atoms with E-state index in [0.717, 1.165) is 31.4 Å². The fraction of sp³-hybridized carbons (Fsp3) is 0.500. The van der Waals surface area contributed by atoms with Gasteiger partial charge < -0.3 is 0 Å². The van der Waals surface area contributed by atoms with Crippen LogP contribution in [0.5, 0.6) is 0 Å². The molecule has 0 bridgehead atoms. The molecule has 0 saturated heterocycles. The summed E-state index contributed by atoms with van der Waals surface area (Å²) in [6.07, 6.45) is 3.96. The first-order valence-corrected chi connectivity index (χ1v) is 8.69. The fourth-order valence-corrected chi connectivity index (χ4v) is 4.27. The van der Waals surface area contributed by atoms with Gasteiger partial charge in [0.2, 0.25) is 10.0 Å². The molecule has 0 heterocycles. The summed E-state index contributed by atoms with van der Waals surface area (Å²) in [5.74, 6) is -1.56. The number of anilines is 1. The van der Waals surface area contributed by atoms with Crippen LogP contribution in [0.2, 0.25) is 0 Å². The summed E-state index contributed by atoms with van der Waals surface area (Å²) in [6, 6.07) is 2.18. The maximum atomic E-state index is 13.8. The van der Waals surface area contributed by atoms with Crippen molar-refractivity contribution in [3.63, 3.8) is 0 Å². The van der Waals surface area contributed by atoms with Crippen LogP contribution < -0.4 is 4.72 Å². The van der Waals surface area contributed by atoms with Crippen molar-refractivity contribution in [2.75, 3.05) is 4.72 Å². The number of hydrogen-bond acceptors (Lipinski definition) is 2. The van der Waals surface area contributed by atoms with E-state index in [0.29, 0.717) is 12.8 Å². The zero-order valence-electron chi connectivity index (χ0n) is 10.1. The average molecular weight is 401 g/mol. The van der Waals surface area contributed by atoms with Crippen molar-refractivity contribution in [3.8, 4) is 0 Å². The molecule has 0 aromatic heterocycles. The molecule has 1 N–H and O–H groups in total. The van der Waals surface area contributed by atoms with E-state index in [1.54, 1.807) is 0 Å². The molecule has 106 valence electrons. The highest BCUT2D eigenvalue weighted by molar-refractivity contribution is 14.1. The fourth-order valence-electron chi connectivity index (χ4n) is 2.22. The van der Waals surface area contributed by atoms with E-state index in [4.69, 9.17) is 0 Å². The molecule has 1 aromatic carbocycles. The second kappa shape index (κ2) is 5.90. The van der Waals surface area contributed by atoms with Crippen molar-refractivity contribution in [1.82, 2.24) is 0 Å². The van der Waals surface area contributed by atoms with Gasteiger partial charge in [0.25, 0.3) is 0 Å². The van der Waals surface area contributed by atoms with Crippen LogP contribution in [-0.4, -0.2) is 13.7 Å². The predicted octanol–water partition coefficient (Wildman–Crippen LogP) is 3.64. The molecule has 1 aromatic rings. The molecule has 0 radical (unpaired) electrons. The molecule has 1 aliphatic carbocycles. The van der Waals surface area contributed by atoms with E-state index in [-0.39, 0.29) is 9.26 Å². The maximum Gasteiger partial charge on any atom is 0.235 e. The molecule has 1 saturated carbocycles. The van der Waals surface area contributed by atoms with E-state index >= 15 is 0 Å². The Kier molecular flexibility index (Phi) is 4.65. The SMILES string of the molecule is O=S(=O)(Nc1ccc(F)c(I)c1F)C1CCCCC1. The number of rotatable bonds is 3. The Bertz CT molecular complexity index is 571. The third kappa shape index (κ3) is 3.36. The Morgan fingerprint density at radius 2 is 1.79 bits per heavy atom. The van der Waals surface area contributed by atoms with E-state index in [1.165, 1.54) is 22.6 Å². The third-order valence-corrected chi connectivity index (χ3v) is 6.12. The molecule has 0 amide bonds. The molecule has 2 rings (SSSR count). The summed E-state index contributed by atoms with van der Waals surface area (Å²) >= 11 is 1.52. The van der Waals surface area contributed by atoms with Gasteiger partial charge in [0.15, 0.2) is 5.82 Å². The Morgan fingerprint density at radius 3 is 2.42 bits per heavy atom. The van der Waals surface area contributed by atoms with Crippen LogP contribution in [0.25, 0.3) is 0 Å². The van der Waals surface area contributed by atoms with Crippen LogP contribution in [0.15, 0.2) is 12.1 Å². The third-order valence-electron chi connectivity index (χ3n) is 3.28. The maximum absolute atomic E-state index is 13.8. The first-order valence-electron chi connectivity index (χ1n) is 6.07. The Hall–Kier alpha value is -0.440. The minimum absolute atomic E-state index is 0.184. The van der Waals surface area contributed by atoms with Crippen molar-refractivity contribution >= 4 is 38.3 Å². The standard InChI is InChI=1S/C12H14F2INO2S/c13-9-6-7-10(11(14)12(9)15)16-19(17,18)8-4-2-1-3-5-8/h6-8,16H,1-5H2. The quantitative estimate of drug-likeness (QED) is 0.621. The van der Waals surface area contributed by atoms with Crippen molar-refractivity contribution < 1.29 is 17.2 Å². The number of hydrogen-bond donors (Lipinski definition) is 1. The zero-order chi connectivity index (χ0) is 14.0. The van der Waals surface area contributed by atoms with Gasteiger partial charge in [-0.05, 0) is 47.6 Å². The normalized spacial score (nSPS) is 17.4. The lowest BCUT2D eigenvalue weighted by Gasteiger charge is -2.22. The van der Waals surface area contributed by atoms with Crippen LogP contribution in [-0.2, 0) is 10.0 Å². The minimum atomic E-state index is -3.60. The van der Waals surface area contributed by atoms with Crippen molar-refractivity contribution in [2.24, 2.45) is 0 Å². The summed E-state index contributed by atoms with van der Waals surface area (Å²) in [7, 11) is -3.60. The lowest BCUT2D eigenvalue weighted by atomic mass is 10.0. The van der Waals surface area contributed by atoms with Gasteiger partial charge in [0, 0.05) is 0 Å². The second-order valence-electron chi connectivity index (χ2n) is 4.63. The van der Waals surface area contributed by atoms with Crippen LogP contribution in [0, 0.1) is 15.2 Å². The average Bonchev–Trinajstić information content (AvgIpc) is 2.40. The van der Waals surface area contributed by atoms with Crippen molar-refractivity contribution in [2.45, 2.75) is 37.4 Å². The Morgan fingerprint density at radius 1 is 1.16 bits per heavy atom. The minimum Gasteiger partial charge on any atom is -0.280 e. The van der Waals surface area contributed by atoms with E-state index < -0.39 is 26.9 Å². The van der Waals surface area contributed by atoms with Gasteiger partial charge in [0.1, 0.15) is 5.82 Å². The summed E-state index contributed by atoms with van der Waals surface area (Å²) in [6.45, 7) is 0. The summed E-state index contributed by atoms with van der Waals surface area (Å²) in [4.78, 5) is 0. The topological polar surface area (TPSA) is 46.2 Å². The number of sulfonamides is 1. The molecule has 0 atom stereocenters. The first-order chi connectivity index (χ1) is 8.92. The Labute approximate surface area is 125 Å². The highest BCUT2D eigenvalue weighted by Gasteiger charge is 2.28. The number of halogens is 3.